The number of nitrogens with two attached hydrogens (primary N) is 1. The number of aromatic nitrogens is 4. The van der Waals surface area contributed by atoms with Crippen LogP contribution in [0.5, 0.6) is 0 Å². The molecule has 7 nitrogen and oxygen atoms in total. The molecule has 0 fully saturated rings. The number of nitrogens with one attached hydrogen (secondary N) is 2. The van der Waals surface area contributed by atoms with E-state index in [1.807, 2.05) is 13.0 Å². The van der Waals surface area contributed by atoms with Crippen molar-refractivity contribution in [2.24, 2.45) is 0 Å². The van der Waals surface area contributed by atoms with Crippen LogP contribution < -0.4 is 11.1 Å². The molecule has 1 heterocycles. The fourth-order valence-electron chi connectivity index (χ4n) is 1.41. The molecule has 1 aromatic heterocycles. The van der Waals surface area contributed by atoms with Crippen LogP contribution in [0.3, 0.4) is 0 Å². The predicted molar refractivity (Wildman–Crippen MR) is 61.8 cm³/mol. The van der Waals surface area contributed by atoms with Gasteiger partial charge in [-0.05, 0) is 25.1 Å². The van der Waals surface area contributed by atoms with E-state index in [9.17, 15) is 0 Å². The van der Waals surface area contributed by atoms with Crippen molar-refractivity contribution in [3.63, 3.8) is 0 Å². The van der Waals surface area contributed by atoms with E-state index in [-0.39, 0.29) is 6.04 Å². The highest BCUT2D eigenvalue weighted by atomic mass is 15.5. The molecular formula is C10H11N7. The predicted octanol–water partition coefficient (Wildman–Crippen LogP) is 0.827. The molecule has 2 aromatic rings. The van der Waals surface area contributed by atoms with E-state index in [0.29, 0.717) is 17.1 Å². The van der Waals surface area contributed by atoms with Crippen molar-refractivity contribution in [1.29, 1.82) is 5.26 Å². The summed E-state index contributed by atoms with van der Waals surface area (Å²) < 4.78 is 0. The molecule has 7 heteroatoms. The fraction of sp³-hybridized carbons (Fsp3) is 0.200. The van der Waals surface area contributed by atoms with Gasteiger partial charge in [-0.25, -0.2) is 0 Å². The quantitative estimate of drug-likeness (QED) is 0.671. The maximum absolute atomic E-state index is 8.86. The molecule has 1 aromatic carbocycles. The Hall–Kier alpha value is -2.62. The third-order valence-electron chi connectivity index (χ3n) is 2.31. The van der Waals surface area contributed by atoms with Gasteiger partial charge < -0.3 is 11.1 Å². The number of aromatic amines is 1. The lowest BCUT2D eigenvalue weighted by atomic mass is 10.1. The minimum atomic E-state index is -0.107. The maximum atomic E-state index is 8.86. The summed E-state index contributed by atoms with van der Waals surface area (Å²) in [6, 6.07) is 7.09. The van der Waals surface area contributed by atoms with Crippen molar-refractivity contribution in [2.45, 2.75) is 13.0 Å². The molecule has 4 N–H and O–H groups in total. The van der Waals surface area contributed by atoms with Gasteiger partial charge in [-0.15, -0.1) is 10.2 Å². The molecule has 1 unspecified atom stereocenters. The van der Waals surface area contributed by atoms with Crippen LogP contribution in [-0.2, 0) is 0 Å². The summed E-state index contributed by atoms with van der Waals surface area (Å²) >= 11 is 0. The first-order valence-corrected chi connectivity index (χ1v) is 5.00. The number of anilines is 2. The van der Waals surface area contributed by atoms with Gasteiger partial charge in [0, 0.05) is 11.4 Å². The topological polar surface area (TPSA) is 116 Å². The van der Waals surface area contributed by atoms with Gasteiger partial charge >= 0.3 is 0 Å². The monoisotopic (exact) mass is 229 g/mol. The summed E-state index contributed by atoms with van der Waals surface area (Å²) in [4.78, 5) is 0. The van der Waals surface area contributed by atoms with Crippen LogP contribution in [0.4, 0.5) is 11.4 Å². The number of rotatable bonds is 3. The van der Waals surface area contributed by atoms with Crippen molar-refractivity contribution in [3.8, 4) is 6.07 Å². The zero-order chi connectivity index (χ0) is 12.3. The number of tetrazole rings is 1. The Bertz CT molecular complexity index is 540. The van der Waals surface area contributed by atoms with E-state index in [4.69, 9.17) is 11.0 Å². The Labute approximate surface area is 97.6 Å². The Balaban J connectivity index is 2.17. The van der Waals surface area contributed by atoms with Gasteiger partial charge in [-0.3, -0.25) is 0 Å². The molecule has 0 aliphatic rings. The molecule has 0 aliphatic carbocycles. The molecule has 86 valence electrons. The van der Waals surface area contributed by atoms with Gasteiger partial charge in [-0.2, -0.15) is 10.5 Å². The van der Waals surface area contributed by atoms with Gasteiger partial charge in [0.15, 0.2) is 5.82 Å². The number of hydrogen-bond donors (Lipinski definition) is 3. The Kier molecular flexibility index (Phi) is 2.87. The standard InChI is InChI=1S/C10H11N7/c1-6(10-14-16-17-15-10)13-8-2-3-9(12)7(4-8)5-11/h2-4,6,13H,12H2,1H3,(H,14,15,16,17). The lowest BCUT2D eigenvalue weighted by molar-refractivity contribution is 0.793. The number of hydrogen-bond acceptors (Lipinski definition) is 6. The van der Waals surface area contributed by atoms with Gasteiger partial charge in [-0.1, -0.05) is 5.21 Å². The Morgan fingerprint density at radius 3 is 3.00 bits per heavy atom. The van der Waals surface area contributed by atoms with Gasteiger partial charge in [0.1, 0.15) is 6.07 Å². The van der Waals surface area contributed by atoms with Crippen molar-refractivity contribution in [3.05, 3.63) is 29.6 Å². The first-order valence-electron chi connectivity index (χ1n) is 5.00. The molecule has 0 bridgehead atoms. The number of benzene rings is 1. The highest BCUT2D eigenvalue weighted by Gasteiger charge is 2.10. The smallest absolute Gasteiger partial charge is 0.196 e. The molecule has 0 saturated heterocycles. The van der Waals surface area contributed by atoms with Crippen LogP contribution in [0.15, 0.2) is 18.2 Å². The van der Waals surface area contributed by atoms with E-state index in [2.05, 4.69) is 25.9 Å². The number of nitrogens with zero attached hydrogens (tertiary/aromatic N) is 4. The highest BCUT2D eigenvalue weighted by Crippen LogP contribution is 2.20. The Morgan fingerprint density at radius 2 is 2.35 bits per heavy atom. The fourth-order valence-corrected chi connectivity index (χ4v) is 1.41. The molecule has 17 heavy (non-hydrogen) atoms. The summed E-state index contributed by atoms with van der Waals surface area (Å²) in [5.74, 6) is 0.556. The van der Waals surface area contributed by atoms with Crippen LogP contribution in [0.1, 0.15) is 24.4 Å². The first kappa shape index (κ1) is 10.9. The van der Waals surface area contributed by atoms with Crippen LogP contribution >= 0.6 is 0 Å². The third-order valence-corrected chi connectivity index (χ3v) is 2.31. The number of nitriles is 1. The molecule has 0 amide bonds. The van der Waals surface area contributed by atoms with Crippen molar-refractivity contribution in [2.75, 3.05) is 11.1 Å². The average molecular weight is 229 g/mol. The molecule has 0 aliphatic heterocycles. The largest absolute Gasteiger partial charge is 0.398 e. The minimum absolute atomic E-state index is 0.107. The van der Waals surface area contributed by atoms with Gasteiger partial charge in [0.05, 0.1) is 11.6 Å². The second kappa shape index (κ2) is 4.49. The van der Waals surface area contributed by atoms with E-state index in [0.717, 1.165) is 5.69 Å². The minimum Gasteiger partial charge on any atom is -0.398 e. The average Bonchev–Trinajstić information content (AvgIpc) is 2.85. The molecule has 1 atom stereocenters. The highest BCUT2D eigenvalue weighted by molar-refractivity contribution is 5.62. The van der Waals surface area contributed by atoms with E-state index in [1.165, 1.54) is 0 Å². The van der Waals surface area contributed by atoms with Crippen LogP contribution in [0, 0.1) is 11.3 Å². The molecule has 0 saturated carbocycles. The normalized spacial score (nSPS) is 11.8. The van der Waals surface area contributed by atoms with E-state index >= 15 is 0 Å². The summed E-state index contributed by atoms with van der Waals surface area (Å²) in [7, 11) is 0. The van der Waals surface area contributed by atoms with E-state index in [1.54, 1.807) is 18.2 Å². The van der Waals surface area contributed by atoms with Crippen LogP contribution in [-0.4, -0.2) is 20.6 Å². The summed E-state index contributed by atoms with van der Waals surface area (Å²) in [6.45, 7) is 1.90. The Morgan fingerprint density at radius 1 is 1.53 bits per heavy atom. The second-order valence-corrected chi connectivity index (χ2v) is 3.55. The van der Waals surface area contributed by atoms with Gasteiger partial charge in [0.2, 0.25) is 0 Å². The summed E-state index contributed by atoms with van der Waals surface area (Å²) in [6.07, 6.45) is 0. The molecule has 2 rings (SSSR count). The second-order valence-electron chi connectivity index (χ2n) is 3.55. The zero-order valence-electron chi connectivity index (χ0n) is 9.18. The third kappa shape index (κ3) is 2.31. The summed E-state index contributed by atoms with van der Waals surface area (Å²) in [5.41, 5.74) is 7.32. The number of H-pyrrole nitrogens is 1. The lowest BCUT2D eigenvalue weighted by Gasteiger charge is -2.12. The lowest BCUT2D eigenvalue weighted by Crippen LogP contribution is -2.09. The molecular weight excluding hydrogens is 218 g/mol. The van der Waals surface area contributed by atoms with Crippen LogP contribution in [0.25, 0.3) is 0 Å². The summed E-state index contributed by atoms with van der Waals surface area (Å²) in [5, 5.41) is 25.6. The molecule has 0 spiro atoms. The SMILES string of the molecule is CC(Nc1ccc(N)c(C#N)c1)c1nn[nH]n1. The van der Waals surface area contributed by atoms with Crippen molar-refractivity contribution < 1.29 is 0 Å². The van der Waals surface area contributed by atoms with Crippen molar-refractivity contribution >= 4 is 11.4 Å². The maximum Gasteiger partial charge on any atom is 0.196 e. The zero-order valence-corrected chi connectivity index (χ0v) is 9.18. The molecule has 0 radical (unpaired) electrons. The van der Waals surface area contributed by atoms with E-state index < -0.39 is 0 Å². The van der Waals surface area contributed by atoms with Crippen molar-refractivity contribution in [1.82, 2.24) is 20.6 Å². The van der Waals surface area contributed by atoms with Crippen LogP contribution in [0.2, 0.25) is 0 Å². The first-order chi connectivity index (χ1) is 8.20. The number of nitrogen functional groups attached to an aromatic ring is 1. The van der Waals surface area contributed by atoms with Gasteiger partial charge in [0.25, 0.3) is 0 Å².